The fraction of sp³-hybridized carbons (Fsp3) is 0.692. The smallest absolute Gasteiger partial charge is 0.144 e. The van der Waals surface area contributed by atoms with E-state index in [9.17, 15) is 0 Å². The van der Waals surface area contributed by atoms with Crippen LogP contribution in [0.5, 0.6) is 0 Å². The lowest BCUT2D eigenvalue weighted by Gasteiger charge is -2.22. The molecule has 0 saturated heterocycles. The molecule has 0 saturated carbocycles. The molecule has 0 aliphatic rings. The number of nitrogens with one attached hydrogen (secondary N) is 1. The molecule has 0 amide bonds. The number of aromatic nitrogens is 2. The van der Waals surface area contributed by atoms with Crippen molar-refractivity contribution in [1.29, 1.82) is 0 Å². The second-order valence-electron chi connectivity index (χ2n) is 5.18. The maximum absolute atomic E-state index is 4.68. The Balaban J connectivity index is 3.27. The molecule has 0 aliphatic heterocycles. The highest BCUT2D eigenvalue weighted by molar-refractivity contribution is 9.10. The Kier molecular flexibility index (Phi) is 4.92. The molecule has 0 spiro atoms. The van der Waals surface area contributed by atoms with Gasteiger partial charge in [-0.1, -0.05) is 27.7 Å². The van der Waals surface area contributed by atoms with Crippen LogP contribution in [0.3, 0.4) is 0 Å². The van der Waals surface area contributed by atoms with E-state index in [1.165, 1.54) is 0 Å². The van der Waals surface area contributed by atoms with Crippen molar-refractivity contribution < 1.29 is 0 Å². The summed E-state index contributed by atoms with van der Waals surface area (Å²) in [5.41, 5.74) is 1.10. The van der Waals surface area contributed by atoms with Gasteiger partial charge in [-0.15, -0.1) is 0 Å². The number of anilines is 1. The van der Waals surface area contributed by atoms with Crippen molar-refractivity contribution in [2.45, 2.75) is 52.9 Å². The highest BCUT2D eigenvalue weighted by Crippen LogP contribution is 2.32. The van der Waals surface area contributed by atoms with Crippen molar-refractivity contribution in [3.8, 4) is 0 Å². The van der Waals surface area contributed by atoms with Gasteiger partial charge >= 0.3 is 0 Å². The Bertz CT molecular complexity index is 383. The number of halogens is 1. The average Bonchev–Trinajstić information content (AvgIpc) is 2.21. The molecule has 1 N–H and O–H groups in total. The van der Waals surface area contributed by atoms with E-state index in [2.05, 4.69) is 65.8 Å². The van der Waals surface area contributed by atoms with Crippen LogP contribution in [-0.4, -0.2) is 16.5 Å². The van der Waals surface area contributed by atoms with Gasteiger partial charge in [0, 0.05) is 18.4 Å². The highest BCUT2D eigenvalue weighted by Gasteiger charge is 2.22. The third-order valence-electron chi connectivity index (χ3n) is 2.43. The number of hydrogen-bond acceptors (Lipinski definition) is 3. The van der Waals surface area contributed by atoms with E-state index < -0.39 is 0 Å². The van der Waals surface area contributed by atoms with Gasteiger partial charge in [-0.05, 0) is 29.3 Å². The molecular weight excluding hydrogens is 278 g/mol. The Hall–Kier alpha value is -0.640. The second kappa shape index (κ2) is 5.80. The Labute approximate surface area is 113 Å². The van der Waals surface area contributed by atoms with Gasteiger partial charge in [-0.25, -0.2) is 9.97 Å². The van der Waals surface area contributed by atoms with Gasteiger partial charge in [-0.2, -0.15) is 0 Å². The van der Waals surface area contributed by atoms with E-state index in [1.54, 1.807) is 0 Å². The molecule has 0 atom stereocenters. The molecule has 0 aliphatic carbocycles. The maximum atomic E-state index is 4.68. The third-order valence-corrected chi connectivity index (χ3v) is 3.18. The number of hydrogen-bond donors (Lipinski definition) is 1. The highest BCUT2D eigenvalue weighted by atomic mass is 79.9. The van der Waals surface area contributed by atoms with E-state index >= 15 is 0 Å². The largest absolute Gasteiger partial charge is 0.369 e. The quantitative estimate of drug-likeness (QED) is 0.915. The predicted molar refractivity (Wildman–Crippen MR) is 76.6 cm³/mol. The molecule has 1 heterocycles. The Morgan fingerprint density at radius 2 is 1.82 bits per heavy atom. The molecule has 4 heteroatoms. The molecule has 0 fully saturated rings. The summed E-state index contributed by atoms with van der Waals surface area (Å²) in [4.78, 5) is 9.24. The monoisotopic (exact) mass is 299 g/mol. The summed E-state index contributed by atoms with van der Waals surface area (Å²) in [5, 5.41) is 3.29. The summed E-state index contributed by atoms with van der Waals surface area (Å²) in [6.07, 6.45) is 1.99. The first-order valence-corrected chi connectivity index (χ1v) is 7.00. The zero-order chi connectivity index (χ0) is 13.1. The van der Waals surface area contributed by atoms with E-state index in [4.69, 9.17) is 0 Å². The third kappa shape index (κ3) is 3.66. The summed E-state index contributed by atoms with van der Waals surface area (Å²) in [6.45, 7) is 11.6. The molecule has 0 unspecified atom stereocenters. The van der Waals surface area contributed by atoms with Gasteiger partial charge in [0.1, 0.15) is 11.6 Å². The molecule has 3 nitrogen and oxygen atoms in total. The Morgan fingerprint density at radius 3 is 2.29 bits per heavy atom. The van der Waals surface area contributed by atoms with E-state index in [0.29, 0.717) is 0 Å². The van der Waals surface area contributed by atoms with Gasteiger partial charge < -0.3 is 5.32 Å². The fourth-order valence-corrected chi connectivity index (χ4v) is 2.52. The fourth-order valence-electron chi connectivity index (χ4n) is 1.61. The maximum Gasteiger partial charge on any atom is 0.144 e. The van der Waals surface area contributed by atoms with Crippen molar-refractivity contribution in [2.75, 3.05) is 11.9 Å². The van der Waals surface area contributed by atoms with Crippen molar-refractivity contribution in [3.05, 3.63) is 16.0 Å². The number of aryl methyl sites for hydroxylation is 1. The first kappa shape index (κ1) is 14.4. The summed E-state index contributed by atoms with van der Waals surface area (Å²) in [7, 11) is 0. The lowest BCUT2D eigenvalue weighted by Crippen LogP contribution is -2.18. The van der Waals surface area contributed by atoms with Gasteiger partial charge in [0.2, 0.25) is 0 Å². The van der Waals surface area contributed by atoms with Crippen LogP contribution in [0.25, 0.3) is 0 Å². The van der Waals surface area contributed by atoms with Gasteiger partial charge in [-0.3, -0.25) is 0 Å². The lowest BCUT2D eigenvalue weighted by molar-refractivity contribution is 0.557. The minimum Gasteiger partial charge on any atom is -0.369 e. The normalized spacial score (nSPS) is 11.6. The van der Waals surface area contributed by atoms with Crippen LogP contribution in [0.15, 0.2) is 4.47 Å². The Morgan fingerprint density at radius 1 is 1.18 bits per heavy atom. The van der Waals surface area contributed by atoms with Crippen molar-refractivity contribution >= 4 is 21.7 Å². The molecule has 1 aromatic heterocycles. The molecule has 96 valence electrons. The number of nitrogens with zero attached hydrogens (tertiary/aromatic N) is 2. The molecule has 1 aromatic rings. The first-order valence-electron chi connectivity index (χ1n) is 6.20. The van der Waals surface area contributed by atoms with Gasteiger partial charge in [0.25, 0.3) is 0 Å². The second-order valence-corrected chi connectivity index (χ2v) is 5.97. The van der Waals surface area contributed by atoms with Crippen LogP contribution in [0.1, 0.15) is 52.6 Å². The van der Waals surface area contributed by atoms with Gasteiger partial charge in [0.05, 0.1) is 10.2 Å². The van der Waals surface area contributed by atoms with Crippen molar-refractivity contribution in [3.63, 3.8) is 0 Å². The topological polar surface area (TPSA) is 37.8 Å². The average molecular weight is 300 g/mol. The van der Waals surface area contributed by atoms with E-state index in [1.807, 2.05) is 0 Å². The summed E-state index contributed by atoms with van der Waals surface area (Å²) < 4.78 is 0.992. The summed E-state index contributed by atoms with van der Waals surface area (Å²) >= 11 is 3.62. The molecule has 0 bridgehead atoms. The lowest BCUT2D eigenvalue weighted by atomic mass is 9.92. The molecule has 0 radical (unpaired) electrons. The minimum absolute atomic E-state index is 0.0223. The standard InChI is InChI=1S/C13H22BrN3/c1-6-8-9-16-11(13(3,4)5)10(14)12(17-9)15-7-2/h6-8H2,1-5H3,(H,15,16,17). The molecule has 0 aromatic carbocycles. The predicted octanol–water partition coefficient (Wildman–Crippen LogP) is 3.92. The first-order chi connectivity index (χ1) is 7.90. The van der Waals surface area contributed by atoms with Crippen LogP contribution in [-0.2, 0) is 11.8 Å². The van der Waals surface area contributed by atoms with Crippen LogP contribution < -0.4 is 5.32 Å². The SMILES string of the molecule is CCCc1nc(NCC)c(Br)c(C(C)(C)C)n1. The van der Waals surface area contributed by atoms with E-state index in [0.717, 1.165) is 41.2 Å². The summed E-state index contributed by atoms with van der Waals surface area (Å²) in [5.74, 6) is 1.84. The number of rotatable bonds is 4. The molecule has 1 rings (SSSR count). The van der Waals surface area contributed by atoms with Gasteiger partial charge in [0.15, 0.2) is 0 Å². The van der Waals surface area contributed by atoms with Crippen LogP contribution in [0.2, 0.25) is 0 Å². The summed E-state index contributed by atoms with van der Waals surface area (Å²) in [6, 6.07) is 0. The zero-order valence-electron chi connectivity index (χ0n) is 11.4. The molecular formula is C13H22BrN3. The van der Waals surface area contributed by atoms with Crippen molar-refractivity contribution in [2.24, 2.45) is 0 Å². The van der Waals surface area contributed by atoms with Crippen LogP contribution >= 0.6 is 15.9 Å². The minimum atomic E-state index is 0.0223. The van der Waals surface area contributed by atoms with Crippen LogP contribution in [0.4, 0.5) is 5.82 Å². The molecule has 17 heavy (non-hydrogen) atoms. The van der Waals surface area contributed by atoms with Crippen LogP contribution in [0, 0.1) is 0 Å². The van der Waals surface area contributed by atoms with E-state index in [-0.39, 0.29) is 5.41 Å². The van der Waals surface area contributed by atoms with Crippen molar-refractivity contribution in [1.82, 2.24) is 9.97 Å². The zero-order valence-corrected chi connectivity index (χ0v) is 13.0.